The fraction of sp³-hybridized carbons (Fsp3) is 0.188. The molecule has 1 heterocycles. The Labute approximate surface area is 117 Å². The van der Waals surface area contributed by atoms with Crippen LogP contribution in [0.1, 0.15) is 17.9 Å². The molecule has 1 fully saturated rings. The summed E-state index contributed by atoms with van der Waals surface area (Å²) in [6.45, 7) is 0.762. The van der Waals surface area contributed by atoms with Gasteiger partial charge in [-0.2, -0.15) is 0 Å². The lowest BCUT2D eigenvalue weighted by Crippen LogP contribution is -2.18. The molecule has 2 nitrogen and oxygen atoms in total. The summed E-state index contributed by atoms with van der Waals surface area (Å²) in [5.41, 5.74) is 3.31. The first-order valence-corrected chi connectivity index (χ1v) is 6.76. The van der Waals surface area contributed by atoms with Crippen LogP contribution >= 0.6 is 11.6 Å². The molecule has 0 radical (unpaired) electrons. The molecule has 2 aromatic carbocycles. The van der Waals surface area contributed by atoms with Gasteiger partial charge < -0.3 is 5.32 Å². The zero-order valence-corrected chi connectivity index (χ0v) is 11.2. The van der Waals surface area contributed by atoms with Crippen molar-refractivity contribution in [2.24, 2.45) is 0 Å². The molecular formula is C16H14ClNO. The highest BCUT2D eigenvalue weighted by Crippen LogP contribution is 2.33. The predicted molar refractivity (Wildman–Crippen MR) is 77.3 cm³/mol. The topological polar surface area (TPSA) is 29.1 Å². The van der Waals surface area contributed by atoms with Crippen LogP contribution in [0.3, 0.4) is 0 Å². The predicted octanol–water partition coefficient (Wildman–Crippen LogP) is 3.61. The summed E-state index contributed by atoms with van der Waals surface area (Å²) in [7, 11) is 0. The Bertz CT molecular complexity index is 606. The highest BCUT2D eigenvalue weighted by atomic mass is 35.5. The molecule has 0 saturated carbocycles. The third kappa shape index (κ3) is 2.36. The number of amides is 1. The van der Waals surface area contributed by atoms with E-state index in [1.165, 1.54) is 0 Å². The SMILES string of the molecule is O=C1NCCC1c1ccccc1-c1ccc(Cl)cc1. The molecule has 1 saturated heterocycles. The molecule has 3 rings (SSSR count). The second-order valence-electron chi connectivity index (χ2n) is 4.73. The molecule has 0 spiro atoms. The molecule has 1 atom stereocenters. The Balaban J connectivity index is 2.06. The van der Waals surface area contributed by atoms with Crippen LogP contribution in [-0.2, 0) is 4.79 Å². The van der Waals surface area contributed by atoms with Crippen LogP contribution in [0.2, 0.25) is 5.02 Å². The lowest BCUT2D eigenvalue weighted by Gasteiger charge is -2.13. The van der Waals surface area contributed by atoms with E-state index in [1.807, 2.05) is 42.5 Å². The van der Waals surface area contributed by atoms with E-state index in [1.54, 1.807) is 0 Å². The third-order valence-corrected chi connectivity index (χ3v) is 3.79. The molecule has 1 aliphatic heterocycles. The minimum absolute atomic E-state index is 0.0353. The van der Waals surface area contributed by atoms with Crippen molar-refractivity contribution in [2.45, 2.75) is 12.3 Å². The second-order valence-corrected chi connectivity index (χ2v) is 5.16. The smallest absolute Gasteiger partial charge is 0.227 e. The first-order chi connectivity index (χ1) is 9.25. The molecule has 2 aromatic rings. The van der Waals surface area contributed by atoms with Crippen LogP contribution in [-0.4, -0.2) is 12.5 Å². The van der Waals surface area contributed by atoms with Gasteiger partial charge in [0.2, 0.25) is 5.91 Å². The van der Waals surface area contributed by atoms with Gasteiger partial charge >= 0.3 is 0 Å². The first-order valence-electron chi connectivity index (χ1n) is 6.38. The van der Waals surface area contributed by atoms with E-state index < -0.39 is 0 Å². The Hall–Kier alpha value is -1.80. The van der Waals surface area contributed by atoms with Crippen molar-refractivity contribution in [2.75, 3.05) is 6.54 Å². The van der Waals surface area contributed by atoms with Gasteiger partial charge in [-0.25, -0.2) is 0 Å². The van der Waals surface area contributed by atoms with Crippen molar-refractivity contribution in [3.63, 3.8) is 0 Å². The highest BCUT2D eigenvalue weighted by Gasteiger charge is 2.27. The van der Waals surface area contributed by atoms with E-state index in [0.29, 0.717) is 0 Å². The number of carbonyl (C=O) groups is 1. The number of benzene rings is 2. The van der Waals surface area contributed by atoms with E-state index in [2.05, 4.69) is 11.4 Å². The summed E-state index contributed by atoms with van der Waals surface area (Å²) >= 11 is 5.93. The van der Waals surface area contributed by atoms with Crippen molar-refractivity contribution < 1.29 is 4.79 Å². The van der Waals surface area contributed by atoms with Crippen molar-refractivity contribution >= 4 is 17.5 Å². The molecule has 1 N–H and O–H groups in total. The zero-order chi connectivity index (χ0) is 13.2. The van der Waals surface area contributed by atoms with Crippen LogP contribution < -0.4 is 5.32 Å². The Morgan fingerprint density at radius 2 is 1.79 bits per heavy atom. The van der Waals surface area contributed by atoms with E-state index in [-0.39, 0.29) is 11.8 Å². The van der Waals surface area contributed by atoms with Crippen molar-refractivity contribution in [1.29, 1.82) is 0 Å². The van der Waals surface area contributed by atoms with Gasteiger partial charge in [-0.3, -0.25) is 4.79 Å². The number of nitrogens with one attached hydrogen (secondary N) is 1. The third-order valence-electron chi connectivity index (χ3n) is 3.54. The number of rotatable bonds is 2. The van der Waals surface area contributed by atoms with Gasteiger partial charge in [0.1, 0.15) is 0 Å². The summed E-state index contributed by atoms with van der Waals surface area (Å²) in [5, 5.41) is 3.62. The van der Waals surface area contributed by atoms with Crippen LogP contribution in [0.15, 0.2) is 48.5 Å². The van der Waals surface area contributed by atoms with Crippen LogP contribution in [0.25, 0.3) is 11.1 Å². The van der Waals surface area contributed by atoms with Crippen molar-refractivity contribution in [3.05, 3.63) is 59.1 Å². The average molecular weight is 272 g/mol. The molecule has 1 unspecified atom stereocenters. The maximum absolute atomic E-state index is 11.9. The van der Waals surface area contributed by atoms with Gasteiger partial charge in [-0.15, -0.1) is 0 Å². The Morgan fingerprint density at radius 1 is 1.05 bits per heavy atom. The minimum Gasteiger partial charge on any atom is -0.356 e. The standard InChI is InChI=1S/C16H14ClNO/c17-12-7-5-11(6-8-12)13-3-1-2-4-14(13)15-9-10-18-16(15)19/h1-8,15H,9-10H2,(H,18,19). The van der Waals surface area contributed by atoms with Gasteiger partial charge in [0.15, 0.2) is 0 Å². The molecule has 19 heavy (non-hydrogen) atoms. The van der Waals surface area contributed by atoms with E-state index in [9.17, 15) is 4.79 Å². The summed E-state index contributed by atoms with van der Waals surface area (Å²) in [6.07, 6.45) is 0.865. The van der Waals surface area contributed by atoms with Crippen LogP contribution in [0, 0.1) is 0 Å². The number of carbonyl (C=O) groups excluding carboxylic acids is 1. The monoisotopic (exact) mass is 271 g/mol. The molecule has 0 aromatic heterocycles. The highest BCUT2D eigenvalue weighted by molar-refractivity contribution is 6.30. The summed E-state index contributed by atoms with van der Waals surface area (Å²) in [5.74, 6) is 0.0910. The molecule has 0 bridgehead atoms. The Morgan fingerprint density at radius 3 is 2.47 bits per heavy atom. The summed E-state index contributed by atoms with van der Waals surface area (Å²) in [6, 6.07) is 15.8. The van der Waals surface area contributed by atoms with Gasteiger partial charge in [0.25, 0.3) is 0 Å². The van der Waals surface area contributed by atoms with Gasteiger partial charge in [-0.05, 0) is 35.2 Å². The fourth-order valence-corrected chi connectivity index (χ4v) is 2.71. The zero-order valence-electron chi connectivity index (χ0n) is 10.4. The van der Waals surface area contributed by atoms with E-state index in [0.717, 1.165) is 34.7 Å². The van der Waals surface area contributed by atoms with E-state index >= 15 is 0 Å². The second kappa shape index (κ2) is 5.06. The summed E-state index contributed by atoms with van der Waals surface area (Å²) in [4.78, 5) is 11.9. The molecule has 3 heteroatoms. The van der Waals surface area contributed by atoms with Gasteiger partial charge in [-0.1, -0.05) is 48.0 Å². The minimum atomic E-state index is -0.0353. The first kappa shape index (κ1) is 12.2. The van der Waals surface area contributed by atoms with E-state index in [4.69, 9.17) is 11.6 Å². The normalized spacial score (nSPS) is 18.4. The Kier molecular flexibility index (Phi) is 3.26. The quantitative estimate of drug-likeness (QED) is 0.888. The maximum Gasteiger partial charge on any atom is 0.227 e. The van der Waals surface area contributed by atoms with Gasteiger partial charge in [0.05, 0.1) is 5.92 Å². The van der Waals surface area contributed by atoms with Crippen LogP contribution in [0.4, 0.5) is 0 Å². The lowest BCUT2D eigenvalue weighted by atomic mass is 9.89. The molecular weight excluding hydrogens is 258 g/mol. The molecule has 0 aliphatic carbocycles. The average Bonchev–Trinajstić information content (AvgIpc) is 2.86. The van der Waals surface area contributed by atoms with Gasteiger partial charge in [0, 0.05) is 11.6 Å². The lowest BCUT2D eigenvalue weighted by molar-refractivity contribution is -0.120. The molecule has 96 valence electrons. The molecule has 1 aliphatic rings. The fourth-order valence-electron chi connectivity index (χ4n) is 2.58. The van der Waals surface area contributed by atoms with Crippen molar-refractivity contribution in [1.82, 2.24) is 5.32 Å². The van der Waals surface area contributed by atoms with Crippen LogP contribution in [0.5, 0.6) is 0 Å². The summed E-state index contributed by atoms with van der Waals surface area (Å²) < 4.78 is 0. The molecule has 1 amide bonds. The number of hydrogen-bond acceptors (Lipinski definition) is 1. The largest absolute Gasteiger partial charge is 0.356 e. The number of halogens is 1. The maximum atomic E-state index is 11.9. The van der Waals surface area contributed by atoms with Crippen molar-refractivity contribution in [3.8, 4) is 11.1 Å². The number of hydrogen-bond donors (Lipinski definition) is 1.